The highest BCUT2D eigenvalue weighted by Crippen LogP contribution is 2.32. The van der Waals surface area contributed by atoms with Gasteiger partial charge in [0, 0.05) is 6.04 Å². The van der Waals surface area contributed by atoms with Crippen molar-refractivity contribution in [2.45, 2.75) is 45.2 Å². The van der Waals surface area contributed by atoms with Gasteiger partial charge in [0.25, 0.3) is 0 Å². The first kappa shape index (κ1) is 12.9. The number of halogens is 1. The standard InChI is InChI=1S/C14H19ClN4/c1-10(2)18-9-4-3-6-11(18)14-17-16-13-8-5-7-12(15)19(13)14/h5,7-8,10-11H,3-4,6,9H2,1-2H3. The van der Waals surface area contributed by atoms with Crippen molar-refractivity contribution in [3.8, 4) is 0 Å². The molecular formula is C14H19ClN4. The highest BCUT2D eigenvalue weighted by atomic mass is 35.5. The number of likely N-dealkylation sites (tertiary alicyclic amines) is 1. The van der Waals surface area contributed by atoms with Gasteiger partial charge in [0.1, 0.15) is 5.15 Å². The molecule has 1 saturated heterocycles. The van der Waals surface area contributed by atoms with Crippen LogP contribution in [-0.4, -0.2) is 32.1 Å². The van der Waals surface area contributed by atoms with Crippen LogP contribution in [0.25, 0.3) is 5.65 Å². The molecule has 3 rings (SSSR count). The lowest BCUT2D eigenvalue weighted by Gasteiger charge is -2.37. The second kappa shape index (κ2) is 5.10. The highest BCUT2D eigenvalue weighted by molar-refractivity contribution is 6.29. The van der Waals surface area contributed by atoms with Gasteiger partial charge >= 0.3 is 0 Å². The summed E-state index contributed by atoms with van der Waals surface area (Å²) in [7, 11) is 0. The summed E-state index contributed by atoms with van der Waals surface area (Å²) in [5.41, 5.74) is 0.830. The fraction of sp³-hybridized carbons (Fsp3) is 0.571. The molecule has 1 aliphatic heterocycles. The van der Waals surface area contributed by atoms with Crippen molar-refractivity contribution in [2.24, 2.45) is 0 Å². The van der Waals surface area contributed by atoms with Gasteiger partial charge < -0.3 is 0 Å². The molecular weight excluding hydrogens is 260 g/mol. The Morgan fingerprint density at radius 2 is 2.11 bits per heavy atom. The topological polar surface area (TPSA) is 33.4 Å². The van der Waals surface area contributed by atoms with E-state index in [-0.39, 0.29) is 0 Å². The van der Waals surface area contributed by atoms with Crippen molar-refractivity contribution in [3.05, 3.63) is 29.2 Å². The minimum absolute atomic E-state index is 0.323. The summed E-state index contributed by atoms with van der Waals surface area (Å²) in [5.74, 6) is 0.981. The number of fused-ring (bicyclic) bond motifs is 1. The molecule has 1 fully saturated rings. The maximum absolute atomic E-state index is 6.31. The Morgan fingerprint density at radius 1 is 1.26 bits per heavy atom. The lowest BCUT2D eigenvalue weighted by atomic mass is 10.00. The Kier molecular flexibility index (Phi) is 3.46. The van der Waals surface area contributed by atoms with Gasteiger partial charge in [-0.2, -0.15) is 0 Å². The Bertz CT molecular complexity index is 578. The molecule has 0 aromatic carbocycles. The summed E-state index contributed by atoms with van der Waals surface area (Å²) in [5, 5.41) is 9.34. The van der Waals surface area contributed by atoms with E-state index in [2.05, 4.69) is 28.9 Å². The van der Waals surface area contributed by atoms with E-state index in [1.54, 1.807) is 0 Å². The van der Waals surface area contributed by atoms with Crippen LogP contribution in [0.1, 0.15) is 45.0 Å². The predicted octanol–water partition coefficient (Wildman–Crippen LogP) is 3.32. The molecule has 0 saturated carbocycles. The van der Waals surface area contributed by atoms with Crippen molar-refractivity contribution < 1.29 is 0 Å². The average Bonchev–Trinajstić information content (AvgIpc) is 2.84. The number of hydrogen-bond acceptors (Lipinski definition) is 3. The zero-order valence-electron chi connectivity index (χ0n) is 11.4. The fourth-order valence-electron chi connectivity index (χ4n) is 2.99. The molecule has 2 aromatic rings. The molecule has 0 amide bonds. The predicted molar refractivity (Wildman–Crippen MR) is 76.4 cm³/mol. The van der Waals surface area contributed by atoms with E-state index in [0.29, 0.717) is 17.2 Å². The Morgan fingerprint density at radius 3 is 2.89 bits per heavy atom. The molecule has 1 unspecified atom stereocenters. The Balaban J connectivity index is 2.07. The molecule has 19 heavy (non-hydrogen) atoms. The smallest absolute Gasteiger partial charge is 0.161 e. The van der Waals surface area contributed by atoms with E-state index in [1.807, 2.05) is 22.6 Å². The van der Waals surface area contributed by atoms with E-state index >= 15 is 0 Å². The van der Waals surface area contributed by atoms with E-state index in [1.165, 1.54) is 12.8 Å². The van der Waals surface area contributed by atoms with Gasteiger partial charge in [-0.3, -0.25) is 9.30 Å². The summed E-state index contributed by atoms with van der Waals surface area (Å²) >= 11 is 6.31. The minimum Gasteiger partial charge on any atom is -0.291 e. The second-order valence-electron chi connectivity index (χ2n) is 5.44. The number of rotatable bonds is 2. The number of nitrogens with zero attached hydrogens (tertiary/aromatic N) is 4. The molecule has 0 N–H and O–H groups in total. The third-order valence-electron chi connectivity index (χ3n) is 3.91. The number of hydrogen-bond donors (Lipinski definition) is 0. The maximum Gasteiger partial charge on any atom is 0.161 e. The van der Waals surface area contributed by atoms with Gasteiger partial charge in [0.15, 0.2) is 11.5 Å². The third-order valence-corrected chi connectivity index (χ3v) is 4.21. The lowest BCUT2D eigenvalue weighted by molar-refractivity contribution is 0.105. The van der Waals surface area contributed by atoms with Gasteiger partial charge in [0.2, 0.25) is 0 Å². The van der Waals surface area contributed by atoms with Crippen molar-refractivity contribution in [1.82, 2.24) is 19.5 Å². The molecule has 2 aromatic heterocycles. The highest BCUT2D eigenvalue weighted by Gasteiger charge is 2.29. The molecule has 0 spiro atoms. The summed E-state index contributed by atoms with van der Waals surface area (Å²) in [4.78, 5) is 2.50. The second-order valence-corrected chi connectivity index (χ2v) is 5.83. The number of piperidine rings is 1. The van der Waals surface area contributed by atoms with Gasteiger partial charge in [-0.15, -0.1) is 10.2 Å². The van der Waals surface area contributed by atoms with E-state index in [0.717, 1.165) is 24.4 Å². The number of pyridine rings is 1. The van der Waals surface area contributed by atoms with Gasteiger partial charge in [-0.1, -0.05) is 24.1 Å². The van der Waals surface area contributed by atoms with Crippen LogP contribution in [0.15, 0.2) is 18.2 Å². The first-order chi connectivity index (χ1) is 9.18. The van der Waals surface area contributed by atoms with Crippen LogP contribution in [0, 0.1) is 0 Å². The molecule has 0 aliphatic carbocycles. The summed E-state index contributed by atoms with van der Waals surface area (Å²) < 4.78 is 1.98. The SMILES string of the molecule is CC(C)N1CCCCC1c1nnc2cccc(Cl)n12. The summed E-state index contributed by atoms with van der Waals surface area (Å²) in [6.45, 7) is 5.61. The van der Waals surface area contributed by atoms with Gasteiger partial charge in [0.05, 0.1) is 6.04 Å². The molecule has 0 radical (unpaired) electrons. The van der Waals surface area contributed by atoms with Crippen molar-refractivity contribution in [1.29, 1.82) is 0 Å². The quantitative estimate of drug-likeness (QED) is 0.790. The molecule has 3 heterocycles. The maximum atomic E-state index is 6.31. The molecule has 4 nitrogen and oxygen atoms in total. The van der Waals surface area contributed by atoms with E-state index in [9.17, 15) is 0 Å². The van der Waals surface area contributed by atoms with Crippen LogP contribution in [0.5, 0.6) is 0 Å². The lowest BCUT2D eigenvalue weighted by Crippen LogP contribution is -2.39. The summed E-state index contributed by atoms with van der Waals surface area (Å²) in [6, 6.07) is 6.59. The first-order valence-electron chi connectivity index (χ1n) is 6.94. The van der Waals surface area contributed by atoms with Crippen LogP contribution < -0.4 is 0 Å². The number of aromatic nitrogens is 3. The van der Waals surface area contributed by atoms with Crippen LogP contribution in [-0.2, 0) is 0 Å². The van der Waals surface area contributed by atoms with Crippen molar-refractivity contribution in [3.63, 3.8) is 0 Å². The fourth-order valence-corrected chi connectivity index (χ4v) is 3.23. The molecule has 1 aliphatic rings. The summed E-state index contributed by atoms with van der Waals surface area (Å²) in [6.07, 6.45) is 3.64. The zero-order valence-corrected chi connectivity index (χ0v) is 12.1. The monoisotopic (exact) mass is 278 g/mol. The minimum atomic E-state index is 0.323. The molecule has 102 valence electrons. The van der Waals surface area contributed by atoms with Crippen LogP contribution in [0.4, 0.5) is 0 Å². The van der Waals surface area contributed by atoms with E-state index < -0.39 is 0 Å². The van der Waals surface area contributed by atoms with Gasteiger partial charge in [-0.25, -0.2) is 0 Å². The normalized spacial score (nSPS) is 21.4. The third kappa shape index (κ3) is 2.23. The van der Waals surface area contributed by atoms with Crippen LogP contribution >= 0.6 is 11.6 Å². The zero-order chi connectivity index (χ0) is 13.4. The van der Waals surface area contributed by atoms with E-state index in [4.69, 9.17) is 11.6 Å². The van der Waals surface area contributed by atoms with Crippen molar-refractivity contribution in [2.75, 3.05) is 6.54 Å². The Labute approximate surface area is 118 Å². The molecule has 5 heteroatoms. The average molecular weight is 279 g/mol. The Hall–Kier alpha value is -1.13. The molecule has 1 atom stereocenters. The van der Waals surface area contributed by atoms with Crippen LogP contribution in [0.2, 0.25) is 5.15 Å². The van der Waals surface area contributed by atoms with Gasteiger partial charge in [-0.05, 0) is 45.4 Å². The van der Waals surface area contributed by atoms with Crippen LogP contribution in [0.3, 0.4) is 0 Å². The molecule has 0 bridgehead atoms. The van der Waals surface area contributed by atoms with Crippen molar-refractivity contribution >= 4 is 17.2 Å². The largest absolute Gasteiger partial charge is 0.291 e. The first-order valence-corrected chi connectivity index (χ1v) is 7.31.